The van der Waals surface area contributed by atoms with E-state index in [4.69, 9.17) is 28.3 Å². The topological polar surface area (TPSA) is 37.3 Å². The van der Waals surface area contributed by atoms with E-state index in [9.17, 15) is 4.79 Å². The molecule has 0 aliphatic rings. The molecule has 82 valence electrons. The van der Waals surface area contributed by atoms with Crippen molar-refractivity contribution in [2.24, 2.45) is 0 Å². The van der Waals surface area contributed by atoms with E-state index < -0.39 is 5.97 Å². The fraction of sp³-hybridized carbons (Fsp3) is 0. The van der Waals surface area contributed by atoms with Crippen molar-refractivity contribution in [3.8, 4) is 10.4 Å². The maximum absolute atomic E-state index is 10.7. The van der Waals surface area contributed by atoms with Crippen molar-refractivity contribution in [3.05, 3.63) is 45.3 Å². The molecule has 1 N–H and O–H groups in total. The number of benzene rings is 1. The molecule has 0 fully saturated rings. The molecule has 0 bridgehead atoms. The molecule has 0 radical (unpaired) electrons. The van der Waals surface area contributed by atoms with Gasteiger partial charge in [0.15, 0.2) is 0 Å². The summed E-state index contributed by atoms with van der Waals surface area (Å²) in [6, 6.07) is 6.75. The van der Waals surface area contributed by atoms with E-state index >= 15 is 0 Å². The van der Waals surface area contributed by atoms with Crippen LogP contribution in [0.2, 0.25) is 10.0 Å². The second-order valence-corrected chi connectivity index (χ2v) is 4.95. The van der Waals surface area contributed by atoms with E-state index in [2.05, 4.69) is 0 Å². The minimum Gasteiger partial charge on any atom is -0.478 e. The lowest BCUT2D eigenvalue weighted by atomic mass is 10.1. The molecular formula is C11H6Cl2O2S. The Labute approximate surface area is 106 Å². The second kappa shape index (κ2) is 4.45. The number of aromatic carboxylic acids is 1. The highest BCUT2D eigenvalue weighted by Gasteiger charge is 2.09. The van der Waals surface area contributed by atoms with Gasteiger partial charge in [-0.1, -0.05) is 23.2 Å². The lowest BCUT2D eigenvalue weighted by Gasteiger charge is -1.99. The highest BCUT2D eigenvalue weighted by Crippen LogP contribution is 2.31. The van der Waals surface area contributed by atoms with Crippen molar-refractivity contribution in [1.82, 2.24) is 0 Å². The summed E-state index contributed by atoms with van der Waals surface area (Å²) in [6.07, 6.45) is 0. The summed E-state index contributed by atoms with van der Waals surface area (Å²) in [5.74, 6) is -0.935. The van der Waals surface area contributed by atoms with Gasteiger partial charge in [0.1, 0.15) is 0 Å². The van der Waals surface area contributed by atoms with Crippen LogP contribution in [0.4, 0.5) is 0 Å². The van der Waals surface area contributed by atoms with E-state index in [0.717, 1.165) is 10.4 Å². The molecule has 1 aromatic heterocycles. The van der Waals surface area contributed by atoms with Gasteiger partial charge in [0.2, 0.25) is 0 Å². The minimum atomic E-state index is -0.935. The Balaban J connectivity index is 2.46. The van der Waals surface area contributed by atoms with Crippen LogP contribution in [0, 0.1) is 0 Å². The third-order valence-corrected chi connectivity index (χ3v) is 3.41. The summed E-state index contributed by atoms with van der Waals surface area (Å²) in [5, 5.41) is 11.5. The third kappa shape index (κ3) is 2.38. The predicted octanol–water partition coefficient (Wildman–Crippen LogP) is 4.42. The first kappa shape index (κ1) is 11.5. The summed E-state index contributed by atoms with van der Waals surface area (Å²) < 4.78 is 0. The first-order chi connectivity index (χ1) is 7.56. The van der Waals surface area contributed by atoms with Gasteiger partial charge >= 0.3 is 5.97 Å². The third-order valence-electron chi connectivity index (χ3n) is 1.99. The maximum atomic E-state index is 10.7. The Bertz CT molecular complexity index is 528. The van der Waals surface area contributed by atoms with Gasteiger partial charge < -0.3 is 5.11 Å². The Kier molecular flexibility index (Phi) is 3.19. The molecule has 0 spiro atoms. The van der Waals surface area contributed by atoms with Gasteiger partial charge in [-0.2, -0.15) is 0 Å². The maximum Gasteiger partial charge on any atom is 0.336 e. The average Bonchev–Trinajstić information content (AvgIpc) is 2.64. The van der Waals surface area contributed by atoms with E-state index in [-0.39, 0.29) is 5.56 Å². The minimum absolute atomic E-state index is 0.274. The van der Waals surface area contributed by atoms with E-state index in [1.807, 2.05) is 0 Å². The molecule has 0 saturated carbocycles. The van der Waals surface area contributed by atoms with Crippen molar-refractivity contribution in [1.29, 1.82) is 0 Å². The van der Waals surface area contributed by atoms with Gasteiger partial charge in [0.25, 0.3) is 0 Å². The zero-order valence-corrected chi connectivity index (χ0v) is 10.2. The molecular weight excluding hydrogens is 267 g/mol. The SMILES string of the molecule is O=C(O)c1csc(-c2cc(Cl)cc(Cl)c2)c1. The normalized spacial score (nSPS) is 10.4. The van der Waals surface area contributed by atoms with Crippen molar-refractivity contribution in [2.45, 2.75) is 0 Å². The summed E-state index contributed by atoms with van der Waals surface area (Å²) in [7, 11) is 0. The summed E-state index contributed by atoms with van der Waals surface area (Å²) in [6.45, 7) is 0. The molecule has 2 nitrogen and oxygen atoms in total. The molecule has 0 unspecified atom stereocenters. The Morgan fingerprint density at radius 1 is 1.12 bits per heavy atom. The molecule has 16 heavy (non-hydrogen) atoms. The lowest BCUT2D eigenvalue weighted by Crippen LogP contribution is -1.91. The molecule has 1 aromatic carbocycles. The van der Waals surface area contributed by atoms with E-state index in [0.29, 0.717) is 10.0 Å². The molecule has 2 aromatic rings. The number of hydrogen-bond donors (Lipinski definition) is 1. The lowest BCUT2D eigenvalue weighted by molar-refractivity contribution is 0.0697. The fourth-order valence-corrected chi connectivity index (χ4v) is 2.69. The molecule has 2 rings (SSSR count). The molecule has 0 atom stereocenters. The molecule has 1 heterocycles. The fourth-order valence-electron chi connectivity index (χ4n) is 1.30. The number of hydrogen-bond acceptors (Lipinski definition) is 2. The average molecular weight is 273 g/mol. The van der Waals surface area contributed by atoms with Gasteiger partial charge in [0, 0.05) is 20.3 Å². The van der Waals surface area contributed by atoms with Crippen LogP contribution in [-0.4, -0.2) is 11.1 Å². The van der Waals surface area contributed by atoms with Gasteiger partial charge in [-0.25, -0.2) is 4.79 Å². The first-order valence-corrected chi connectivity index (χ1v) is 5.98. The molecule has 0 amide bonds. The highest BCUT2D eigenvalue weighted by molar-refractivity contribution is 7.13. The van der Waals surface area contributed by atoms with Crippen LogP contribution < -0.4 is 0 Å². The summed E-state index contributed by atoms with van der Waals surface area (Å²) in [4.78, 5) is 11.6. The summed E-state index contributed by atoms with van der Waals surface area (Å²) in [5.41, 5.74) is 1.10. The first-order valence-electron chi connectivity index (χ1n) is 4.34. The molecule has 0 aliphatic heterocycles. The highest BCUT2D eigenvalue weighted by atomic mass is 35.5. The van der Waals surface area contributed by atoms with Crippen molar-refractivity contribution in [3.63, 3.8) is 0 Å². The van der Waals surface area contributed by atoms with E-state index in [1.54, 1.807) is 29.6 Å². The predicted molar refractivity (Wildman–Crippen MR) is 66.7 cm³/mol. The van der Waals surface area contributed by atoms with Crippen LogP contribution in [0.3, 0.4) is 0 Å². The van der Waals surface area contributed by atoms with Gasteiger partial charge in [-0.3, -0.25) is 0 Å². The van der Waals surface area contributed by atoms with Gasteiger partial charge in [0.05, 0.1) is 5.56 Å². The number of thiophene rings is 1. The monoisotopic (exact) mass is 272 g/mol. The zero-order valence-electron chi connectivity index (χ0n) is 7.91. The number of halogens is 2. The van der Waals surface area contributed by atoms with Crippen LogP contribution in [0.1, 0.15) is 10.4 Å². The van der Waals surface area contributed by atoms with Gasteiger partial charge in [-0.15, -0.1) is 11.3 Å². The Morgan fingerprint density at radius 2 is 1.75 bits per heavy atom. The van der Waals surface area contributed by atoms with Crippen molar-refractivity contribution < 1.29 is 9.90 Å². The zero-order chi connectivity index (χ0) is 11.7. The Morgan fingerprint density at radius 3 is 2.25 bits per heavy atom. The molecule has 0 aliphatic carbocycles. The quantitative estimate of drug-likeness (QED) is 0.879. The number of rotatable bonds is 2. The Hall–Kier alpha value is -1.03. The van der Waals surface area contributed by atoms with Crippen LogP contribution in [0.5, 0.6) is 0 Å². The van der Waals surface area contributed by atoms with E-state index in [1.165, 1.54) is 11.3 Å². The van der Waals surface area contributed by atoms with Crippen LogP contribution >= 0.6 is 34.5 Å². The molecule has 5 heteroatoms. The summed E-state index contributed by atoms with van der Waals surface area (Å²) >= 11 is 13.1. The van der Waals surface area contributed by atoms with Gasteiger partial charge in [-0.05, 0) is 29.8 Å². The van der Waals surface area contributed by atoms with Crippen LogP contribution in [0.25, 0.3) is 10.4 Å². The standard InChI is InChI=1S/C11H6Cl2O2S/c12-8-1-6(2-9(13)4-8)10-3-7(5-16-10)11(14)15/h1-5H,(H,14,15). The number of carbonyl (C=O) groups is 1. The smallest absolute Gasteiger partial charge is 0.336 e. The largest absolute Gasteiger partial charge is 0.478 e. The number of carboxylic acids is 1. The van der Waals surface area contributed by atoms with Crippen LogP contribution in [-0.2, 0) is 0 Å². The number of carboxylic acid groups (broad SMARTS) is 1. The second-order valence-electron chi connectivity index (χ2n) is 3.16. The molecule has 0 saturated heterocycles. The van der Waals surface area contributed by atoms with Crippen molar-refractivity contribution in [2.75, 3.05) is 0 Å². The van der Waals surface area contributed by atoms with Crippen molar-refractivity contribution >= 4 is 40.5 Å². The van der Waals surface area contributed by atoms with Crippen LogP contribution in [0.15, 0.2) is 29.6 Å².